The average Bonchev–Trinajstić information content (AvgIpc) is 3.19. The number of quaternary nitrogens is 1. The van der Waals surface area contributed by atoms with Gasteiger partial charge in [0.15, 0.2) is 0 Å². The summed E-state index contributed by atoms with van der Waals surface area (Å²) in [6, 6.07) is 3.17. The Kier molecular flexibility index (Phi) is 6.37. The molecule has 3 aliphatic heterocycles. The Hall–Kier alpha value is -1.00. The zero-order valence-electron chi connectivity index (χ0n) is 15.8. The van der Waals surface area contributed by atoms with Crippen molar-refractivity contribution in [2.75, 3.05) is 18.8 Å². The maximum Gasteiger partial charge on any atom is 0.315 e. The summed E-state index contributed by atoms with van der Waals surface area (Å²) in [6.45, 7) is 1.82. The summed E-state index contributed by atoms with van der Waals surface area (Å²) in [5.74, 6) is 1.83. The predicted octanol–water partition coefficient (Wildman–Crippen LogP) is 1.91. The molecule has 0 aliphatic carbocycles. The lowest BCUT2D eigenvalue weighted by Crippen LogP contribution is -3.00. The molecule has 4 rings (SSSR count). The molecule has 2 N–H and O–H groups in total. The highest BCUT2D eigenvalue weighted by Crippen LogP contribution is 2.40. The Bertz CT molecular complexity index is 779. The van der Waals surface area contributed by atoms with Crippen LogP contribution in [0, 0.1) is 11.1 Å². The van der Waals surface area contributed by atoms with E-state index in [1.54, 1.807) is 10.6 Å². The topological polar surface area (TPSA) is 90.0 Å². The molecule has 2 bridgehead atoms. The van der Waals surface area contributed by atoms with E-state index in [-0.39, 0.29) is 23.4 Å². The molecule has 28 heavy (non-hydrogen) atoms. The summed E-state index contributed by atoms with van der Waals surface area (Å²) in [5.41, 5.74) is 0.289. The molecule has 2 fully saturated rings. The molecule has 9 heteroatoms. The van der Waals surface area contributed by atoms with Gasteiger partial charge in [0.2, 0.25) is 11.6 Å². The molecule has 4 heterocycles. The molecule has 0 radical (unpaired) electrons. The third-order valence-electron chi connectivity index (χ3n) is 6.08. The number of nitrogens with one attached hydrogen (secondary N) is 1. The number of likely N-dealkylation sites (tertiary alicyclic amines) is 1. The quantitative estimate of drug-likeness (QED) is 0.411. The van der Waals surface area contributed by atoms with Gasteiger partial charge in [-0.05, 0) is 37.7 Å². The first kappa shape index (κ1) is 20.3. The van der Waals surface area contributed by atoms with Crippen molar-refractivity contribution in [3.05, 3.63) is 33.4 Å². The van der Waals surface area contributed by atoms with Crippen LogP contribution in [0.4, 0.5) is 5.69 Å². The fourth-order valence-corrected chi connectivity index (χ4v) is 7.71. The summed E-state index contributed by atoms with van der Waals surface area (Å²) in [6.07, 6.45) is 6.13. The monoisotopic (exact) mass is 425 g/mol. The number of hydrogen-bond donors (Lipinski definition) is 2. The molecule has 3 aliphatic rings. The summed E-state index contributed by atoms with van der Waals surface area (Å²) in [7, 11) is 3.96. The molecule has 7 nitrogen and oxygen atoms in total. The number of carbonyl (C=O) groups is 1. The molecule has 1 aromatic rings. The second-order valence-electron chi connectivity index (χ2n) is 8.06. The van der Waals surface area contributed by atoms with Gasteiger partial charge >= 0.3 is 5.56 Å². The maximum atomic E-state index is 12.7. The lowest BCUT2D eigenvalue weighted by Gasteiger charge is -2.43. The number of fused-ring (bicyclic) bond motifs is 4. The highest BCUT2D eigenvalue weighted by Gasteiger charge is 2.37. The van der Waals surface area contributed by atoms with E-state index in [9.17, 15) is 20.0 Å². The van der Waals surface area contributed by atoms with E-state index in [1.165, 1.54) is 24.7 Å². The summed E-state index contributed by atoms with van der Waals surface area (Å²) >= 11 is 0. The van der Waals surface area contributed by atoms with Crippen molar-refractivity contribution in [3.8, 4) is 0 Å². The molecular formula is C19H27N3O4S2. The minimum Gasteiger partial charge on any atom is -0.595 e. The van der Waals surface area contributed by atoms with Crippen molar-refractivity contribution < 1.29 is 15.2 Å². The summed E-state index contributed by atoms with van der Waals surface area (Å²) in [4.78, 5) is 27.2. The van der Waals surface area contributed by atoms with Gasteiger partial charge in [0.1, 0.15) is 0 Å². The van der Waals surface area contributed by atoms with Gasteiger partial charge in [0.05, 0.1) is 0 Å². The number of nitrogens with zero attached hydrogens (tertiary/aromatic N) is 2. The number of unbranched alkanes of at least 4 members (excludes halogenated alkanes) is 1. The fraction of sp³-hybridized carbons (Fsp3) is 0.684. The van der Waals surface area contributed by atoms with Gasteiger partial charge in [0, 0.05) is 54.7 Å². The molecule has 4 unspecified atom stereocenters. The molecule has 0 aromatic carbocycles. The van der Waals surface area contributed by atoms with Crippen LogP contribution in [-0.2, 0) is 11.3 Å². The fourth-order valence-electron chi connectivity index (χ4n) is 4.68. The molecule has 154 valence electrons. The van der Waals surface area contributed by atoms with E-state index in [1.807, 2.05) is 26.5 Å². The Morgan fingerprint density at radius 2 is 2.14 bits per heavy atom. The van der Waals surface area contributed by atoms with Gasteiger partial charge in [-0.3, -0.25) is 9.59 Å². The average molecular weight is 426 g/mol. The largest absolute Gasteiger partial charge is 0.595 e. The van der Waals surface area contributed by atoms with E-state index in [0.717, 1.165) is 30.2 Å². The predicted molar refractivity (Wildman–Crippen MR) is 111 cm³/mol. The van der Waals surface area contributed by atoms with Crippen LogP contribution < -0.4 is 10.8 Å². The van der Waals surface area contributed by atoms with Gasteiger partial charge in [-0.2, -0.15) is 5.23 Å². The van der Waals surface area contributed by atoms with Crippen molar-refractivity contribution in [2.24, 2.45) is 5.92 Å². The van der Waals surface area contributed by atoms with Crippen LogP contribution in [-0.4, -0.2) is 44.7 Å². The smallest absolute Gasteiger partial charge is 0.315 e. The van der Waals surface area contributed by atoms with Crippen LogP contribution in [0.15, 0.2) is 16.9 Å². The SMILES string of the molecule is O=C(CCCCC1CCSS1)N1CC2CC(C1)c1ccc([NH+]([O-])O)c(=O)n1C2. The Morgan fingerprint density at radius 1 is 1.29 bits per heavy atom. The molecule has 4 atom stereocenters. The van der Waals surface area contributed by atoms with Gasteiger partial charge < -0.3 is 14.7 Å². The molecular weight excluding hydrogens is 398 g/mol. The van der Waals surface area contributed by atoms with Crippen LogP contribution >= 0.6 is 21.6 Å². The Balaban J connectivity index is 1.35. The first-order valence-corrected chi connectivity index (χ1v) is 12.4. The Labute approximate surface area is 172 Å². The number of piperidine rings is 1. The van der Waals surface area contributed by atoms with E-state index in [4.69, 9.17) is 0 Å². The lowest BCUT2D eigenvalue weighted by molar-refractivity contribution is -0.992. The van der Waals surface area contributed by atoms with E-state index < -0.39 is 10.8 Å². The van der Waals surface area contributed by atoms with Gasteiger partial charge in [-0.25, -0.2) is 5.21 Å². The van der Waals surface area contributed by atoms with Crippen molar-refractivity contribution in [3.63, 3.8) is 0 Å². The third kappa shape index (κ3) is 4.28. The maximum absolute atomic E-state index is 12.7. The minimum absolute atomic E-state index is 0.124. The number of pyridine rings is 1. The van der Waals surface area contributed by atoms with Crippen molar-refractivity contribution >= 4 is 33.2 Å². The molecule has 1 amide bonds. The number of rotatable bonds is 6. The standard InChI is InChI=1S/C19H27N3O4S2/c23-18(4-2-1-3-15-7-8-27-28-15)20-10-13-9-14(12-20)16-5-6-17(22(25)26)19(24)21(16)11-13/h5-6,13-15,22,25H,1-4,7-12H2. The Morgan fingerprint density at radius 3 is 2.89 bits per heavy atom. The second kappa shape index (κ2) is 8.79. The molecule has 2 saturated heterocycles. The molecule has 0 saturated carbocycles. The zero-order chi connectivity index (χ0) is 19.7. The van der Waals surface area contributed by atoms with Crippen LogP contribution in [0.1, 0.15) is 50.1 Å². The first-order chi connectivity index (χ1) is 13.5. The zero-order valence-corrected chi connectivity index (χ0v) is 17.5. The van der Waals surface area contributed by atoms with Gasteiger partial charge in [-0.15, -0.1) is 0 Å². The van der Waals surface area contributed by atoms with Crippen LogP contribution in [0.3, 0.4) is 0 Å². The lowest BCUT2D eigenvalue weighted by atomic mass is 9.83. The van der Waals surface area contributed by atoms with Crippen LogP contribution in [0.25, 0.3) is 0 Å². The van der Waals surface area contributed by atoms with Crippen molar-refractivity contribution in [1.82, 2.24) is 9.47 Å². The minimum atomic E-state index is -1.18. The van der Waals surface area contributed by atoms with E-state index >= 15 is 0 Å². The summed E-state index contributed by atoms with van der Waals surface area (Å²) < 4.78 is 1.63. The molecule has 1 aromatic heterocycles. The number of carbonyl (C=O) groups excluding carboxylic acids is 1. The highest BCUT2D eigenvalue weighted by molar-refractivity contribution is 8.77. The van der Waals surface area contributed by atoms with Crippen molar-refractivity contribution in [1.29, 1.82) is 0 Å². The number of hydrogen-bond acceptors (Lipinski definition) is 6. The van der Waals surface area contributed by atoms with Crippen LogP contribution in [0.5, 0.6) is 0 Å². The number of amides is 1. The second-order valence-corrected chi connectivity index (χ2v) is 10.9. The van der Waals surface area contributed by atoms with E-state index in [0.29, 0.717) is 26.1 Å². The molecule has 0 spiro atoms. The third-order valence-corrected chi connectivity index (χ3v) is 9.09. The van der Waals surface area contributed by atoms with Crippen LogP contribution in [0.2, 0.25) is 0 Å². The normalized spacial score (nSPS) is 27.5. The number of aromatic nitrogens is 1. The summed E-state index contributed by atoms with van der Waals surface area (Å²) in [5, 5.41) is 20.0. The van der Waals surface area contributed by atoms with Crippen molar-refractivity contribution in [2.45, 2.75) is 56.2 Å². The van der Waals surface area contributed by atoms with Gasteiger partial charge in [0.25, 0.3) is 0 Å². The highest BCUT2D eigenvalue weighted by atomic mass is 33.1. The van der Waals surface area contributed by atoms with E-state index in [2.05, 4.69) is 0 Å². The van der Waals surface area contributed by atoms with Gasteiger partial charge in [-0.1, -0.05) is 28.0 Å². The first-order valence-electron chi connectivity index (χ1n) is 10.1.